The van der Waals surface area contributed by atoms with Crippen LogP contribution in [0.4, 0.5) is 9.59 Å². The van der Waals surface area contributed by atoms with E-state index in [-0.39, 0.29) is 13.1 Å². The molecule has 3 aromatic carbocycles. The molecule has 3 aromatic rings. The Bertz CT molecular complexity index is 1240. The summed E-state index contributed by atoms with van der Waals surface area (Å²) in [4.78, 5) is 27.6. The molecular weight excluding hydrogens is 582 g/mol. The Morgan fingerprint density at radius 2 is 0.935 bits per heavy atom. The third kappa shape index (κ3) is 14.0. The van der Waals surface area contributed by atoms with Crippen molar-refractivity contribution in [1.29, 1.82) is 0 Å². The lowest BCUT2D eigenvalue weighted by Crippen LogP contribution is -2.54. The summed E-state index contributed by atoms with van der Waals surface area (Å²) >= 11 is 0. The van der Waals surface area contributed by atoms with Crippen molar-refractivity contribution in [2.45, 2.75) is 96.4 Å². The second kappa shape index (κ2) is 17.1. The number of aliphatic hydroxyl groups excluding tert-OH is 2. The second-order valence-corrected chi connectivity index (χ2v) is 13.7. The Morgan fingerprint density at radius 3 is 1.26 bits per heavy atom. The number of ether oxygens (including phenoxy) is 2. The highest BCUT2D eigenvalue weighted by Crippen LogP contribution is 2.16. The first-order valence-electron chi connectivity index (χ1n) is 15.9. The number of aliphatic hydroxyl groups is 2. The molecule has 0 radical (unpaired) electrons. The van der Waals surface area contributed by atoms with Crippen molar-refractivity contribution in [2.24, 2.45) is 0 Å². The number of nitrogens with one attached hydrogen (secondary N) is 2. The third-order valence-corrected chi connectivity index (χ3v) is 7.07. The fraction of sp³-hybridized carbons (Fsp3) is 0.459. The largest absolute Gasteiger partial charge is 0.444 e. The van der Waals surface area contributed by atoms with Gasteiger partial charge in [-0.1, -0.05) is 91.0 Å². The molecule has 0 bridgehead atoms. The van der Waals surface area contributed by atoms with Gasteiger partial charge >= 0.3 is 12.2 Å². The lowest BCUT2D eigenvalue weighted by molar-refractivity contribution is 0.0189. The van der Waals surface area contributed by atoms with Crippen molar-refractivity contribution in [3.8, 4) is 0 Å². The van der Waals surface area contributed by atoms with Gasteiger partial charge in [0.1, 0.15) is 11.2 Å². The first-order chi connectivity index (χ1) is 21.7. The van der Waals surface area contributed by atoms with Gasteiger partial charge in [-0.2, -0.15) is 0 Å². The van der Waals surface area contributed by atoms with Gasteiger partial charge in [-0.15, -0.1) is 0 Å². The minimum atomic E-state index is -1.02. The van der Waals surface area contributed by atoms with E-state index >= 15 is 0 Å². The van der Waals surface area contributed by atoms with Crippen LogP contribution in [0.3, 0.4) is 0 Å². The summed E-state index contributed by atoms with van der Waals surface area (Å²) in [6.45, 7) is 11.4. The molecule has 4 atom stereocenters. The van der Waals surface area contributed by atoms with E-state index in [4.69, 9.17) is 9.47 Å². The Kier molecular flexibility index (Phi) is 13.6. The molecule has 0 fully saturated rings. The van der Waals surface area contributed by atoms with E-state index in [9.17, 15) is 19.8 Å². The number of benzene rings is 3. The quantitative estimate of drug-likeness (QED) is 0.186. The summed E-state index contributed by atoms with van der Waals surface area (Å²) in [6, 6.07) is 27.7. The molecule has 0 saturated heterocycles. The molecule has 9 heteroatoms. The molecule has 0 spiro atoms. The molecule has 2 unspecified atom stereocenters. The van der Waals surface area contributed by atoms with Crippen molar-refractivity contribution in [1.82, 2.24) is 15.5 Å². The van der Waals surface area contributed by atoms with Gasteiger partial charge in [0.2, 0.25) is 0 Å². The Balaban J connectivity index is 1.85. The van der Waals surface area contributed by atoms with E-state index in [1.165, 1.54) is 0 Å². The molecule has 0 saturated carbocycles. The summed E-state index contributed by atoms with van der Waals surface area (Å²) in [7, 11) is 0. The van der Waals surface area contributed by atoms with Crippen molar-refractivity contribution in [2.75, 3.05) is 13.1 Å². The molecule has 3 rings (SSSR count). The SMILES string of the molecule is CC(C)(C)OC(=O)N[C@@H](Cc1ccccc1)C(O)CN(Cc1ccccc1)CC(O)[C@H](Cc1ccccc1)NC(=O)OC(C)(C)C. The first-order valence-corrected chi connectivity index (χ1v) is 15.9. The highest BCUT2D eigenvalue weighted by Gasteiger charge is 2.30. The van der Waals surface area contributed by atoms with Gasteiger partial charge in [-0.05, 0) is 71.1 Å². The normalized spacial score (nSPS) is 14.5. The van der Waals surface area contributed by atoms with Crippen LogP contribution >= 0.6 is 0 Å². The number of hydrogen-bond donors (Lipinski definition) is 4. The minimum absolute atomic E-state index is 0.129. The van der Waals surface area contributed by atoms with E-state index < -0.39 is 47.7 Å². The zero-order chi connectivity index (χ0) is 33.7. The number of rotatable bonds is 14. The number of alkyl carbamates (subject to hydrolysis) is 2. The molecular formula is C37H51N3O6. The maximum absolute atomic E-state index is 12.8. The molecule has 0 aliphatic carbocycles. The molecule has 46 heavy (non-hydrogen) atoms. The maximum Gasteiger partial charge on any atom is 0.407 e. The summed E-state index contributed by atoms with van der Waals surface area (Å²) in [6.07, 6.45) is -2.53. The topological polar surface area (TPSA) is 120 Å². The van der Waals surface area contributed by atoms with Crippen LogP contribution in [0.1, 0.15) is 58.2 Å². The maximum atomic E-state index is 12.8. The monoisotopic (exact) mass is 633 g/mol. The Hall–Kier alpha value is -3.92. The fourth-order valence-corrected chi connectivity index (χ4v) is 5.05. The van der Waals surface area contributed by atoms with Gasteiger partial charge in [0.15, 0.2) is 0 Å². The first kappa shape index (κ1) is 36.5. The van der Waals surface area contributed by atoms with Crippen LogP contribution in [0.25, 0.3) is 0 Å². The minimum Gasteiger partial charge on any atom is -0.444 e. The van der Waals surface area contributed by atoms with Crippen LogP contribution in [0, 0.1) is 0 Å². The van der Waals surface area contributed by atoms with E-state index in [0.29, 0.717) is 19.4 Å². The van der Waals surface area contributed by atoms with Crippen LogP contribution in [0.5, 0.6) is 0 Å². The molecule has 0 aliphatic heterocycles. The van der Waals surface area contributed by atoms with Crippen molar-refractivity contribution >= 4 is 12.2 Å². The van der Waals surface area contributed by atoms with Crippen molar-refractivity contribution in [3.05, 3.63) is 108 Å². The predicted octanol–water partition coefficient (Wildman–Crippen LogP) is 5.48. The van der Waals surface area contributed by atoms with Crippen LogP contribution in [-0.4, -0.2) is 75.9 Å². The summed E-state index contributed by atoms with van der Waals surface area (Å²) in [5, 5.41) is 29.0. The Labute approximate surface area is 273 Å². The fourth-order valence-electron chi connectivity index (χ4n) is 5.05. The lowest BCUT2D eigenvalue weighted by atomic mass is 9.99. The number of nitrogens with zero attached hydrogens (tertiary/aromatic N) is 1. The highest BCUT2D eigenvalue weighted by atomic mass is 16.6. The van der Waals surface area contributed by atoms with Crippen LogP contribution in [-0.2, 0) is 28.9 Å². The van der Waals surface area contributed by atoms with Gasteiger partial charge < -0.3 is 30.3 Å². The predicted molar refractivity (Wildman–Crippen MR) is 180 cm³/mol. The van der Waals surface area contributed by atoms with E-state index in [1.54, 1.807) is 41.5 Å². The molecule has 4 N–H and O–H groups in total. The molecule has 0 heterocycles. The average Bonchev–Trinajstić information content (AvgIpc) is 2.96. The zero-order valence-corrected chi connectivity index (χ0v) is 28.0. The smallest absolute Gasteiger partial charge is 0.407 e. The van der Waals surface area contributed by atoms with Gasteiger partial charge in [0, 0.05) is 19.6 Å². The van der Waals surface area contributed by atoms with Crippen LogP contribution in [0.15, 0.2) is 91.0 Å². The number of hydrogen-bond acceptors (Lipinski definition) is 7. The Morgan fingerprint density at radius 1 is 0.609 bits per heavy atom. The lowest BCUT2D eigenvalue weighted by Gasteiger charge is -2.34. The molecule has 0 aromatic heterocycles. The number of amides is 2. The van der Waals surface area contributed by atoms with E-state index in [2.05, 4.69) is 10.6 Å². The third-order valence-electron chi connectivity index (χ3n) is 7.07. The van der Waals surface area contributed by atoms with Gasteiger partial charge in [0.05, 0.1) is 24.3 Å². The van der Waals surface area contributed by atoms with Gasteiger partial charge in [0.25, 0.3) is 0 Å². The summed E-state index contributed by atoms with van der Waals surface area (Å²) in [5.74, 6) is 0. The van der Waals surface area contributed by atoms with Crippen molar-refractivity contribution < 1.29 is 29.3 Å². The molecule has 250 valence electrons. The molecule has 2 amide bonds. The van der Waals surface area contributed by atoms with Crippen LogP contribution in [0.2, 0.25) is 0 Å². The highest BCUT2D eigenvalue weighted by molar-refractivity contribution is 5.68. The summed E-state index contributed by atoms with van der Waals surface area (Å²) < 4.78 is 11.0. The van der Waals surface area contributed by atoms with Crippen molar-refractivity contribution in [3.63, 3.8) is 0 Å². The summed E-state index contributed by atoms with van der Waals surface area (Å²) in [5.41, 5.74) is 1.47. The van der Waals surface area contributed by atoms with E-state index in [0.717, 1.165) is 16.7 Å². The molecule has 0 aliphatic rings. The van der Waals surface area contributed by atoms with E-state index in [1.807, 2.05) is 95.9 Å². The number of carbonyl (C=O) groups excluding carboxylic acids is 2. The number of carbonyl (C=O) groups is 2. The zero-order valence-electron chi connectivity index (χ0n) is 28.0. The van der Waals surface area contributed by atoms with Crippen LogP contribution < -0.4 is 10.6 Å². The van der Waals surface area contributed by atoms with Gasteiger partial charge in [-0.25, -0.2) is 9.59 Å². The van der Waals surface area contributed by atoms with Gasteiger partial charge in [-0.3, -0.25) is 4.90 Å². The standard InChI is InChI=1S/C37H51N3O6/c1-36(2,3)45-34(43)38-30(22-27-16-10-7-11-17-27)32(41)25-40(24-29-20-14-9-15-21-29)26-33(42)31(23-28-18-12-8-13-19-28)39-35(44)46-37(4,5)6/h7-21,30-33,41-42H,22-26H2,1-6H3,(H,38,43)(H,39,44)/t30-,31-,32?,33?/m0/s1. The second-order valence-electron chi connectivity index (χ2n) is 13.7. The average molecular weight is 634 g/mol. The molecule has 9 nitrogen and oxygen atoms in total.